The van der Waals surface area contributed by atoms with Crippen LogP contribution in [0.5, 0.6) is 0 Å². The van der Waals surface area contributed by atoms with Crippen molar-refractivity contribution in [3.8, 4) is 0 Å². The Kier molecular flexibility index (Phi) is 7.07. The fourth-order valence-electron chi connectivity index (χ4n) is 2.94. The number of hydrogen-bond acceptors (Lipinski definition) is 11. The van der Waals surface area contributed by atoms with Crippen molar-refractivity contribution in [2.45, 2.75) is 68.3 Å². The van der Waals surface area contributed by atoms with Crippen LogP contribution in [0.2, 0.25) is 0 Å². The van der Waals surface area contributed by atoms with E-state index in [-0.39, 0.29) is 0 Å². The van der Waals surface area contributed by atoms with Crippen LogP contribution in [0.1, 0.15) is 6.92 Å². The zero-order chi connectivity index (χ0) is 20.5. The van der Waals surface area contributed by atoms with E-state index in [1.165, 1.54) is 0 Å². The zero-order valence-electron chi connectivity index (χ0n) is 14.2. The highest BCUT2D eigenvalue weighted by Crippen LogP contribution is 2.28. The fraction of sp³-hybridized carbons (Fsp3) is 0.857. The molecule has 0 bridgehead atoms. The van der Waals surface area contributed by atoms with E-state index in [2.05, 4.69) is 5.32 Å². The van der Waals surface area contributed by atoms with Crippen LogP contribution < -0.4 is 5.32 Å². The molecule has 27 heavy (non-hydrogen) atoms. The van der Waals surface area contributed by atoms with Crippen LogP contribution in [-0.2, 0) is 23.8 Å². The van der Waals surface area contributed by atoms with Gasteiger partial charge in [-0.05, 0) is 0 Å². The number of aliphatic hydroxyl groups is 6. The molecule has 0 saturated carbocycles. The molecule has 0 radical (unpaired) electrons. The van der Waals surface area contributed by atoms with Crippen LogP contribution in [0.4, 0.5) is 0 Å². The molecular weight excluding hydrogens is 374 g/mol. The lowest BCUT2D eigenvalue weighted by Crippen LogP contribution is -2.67. The Morgan fingerprint density at radius 1 is 1.00 bits per heavy atom. The molecule has 0 aromatic heterocycles. The third-order valence-electron chi connectivity index (χ3n) is 4.35. The lowest BCUT2D eigenvalue weighted by atomic mass is 9.95. The molecule has 2 rings (SSSR count). The second-order valence-electron chi connectivity index (χ2n) is 6.30. The molecule has 13 nitrogen and oxygen atoms in total. The molecule has 10 atom stereocenters. The predicted octanol–water partition coefficient (Wildman–Crippen LogP) is -5.16. The van der Waals surface area contributed by atoms with Gasteiger partial charge in [0.25, 0.3) is 0 Å². The summed E-state index contributed by atoms with van der Waals surface area (Å²) in [7, 11) is 0. The lowest BCUT2D eigenvalue weighted by Gasteiger charge is -2.46. The summed E-state index contributed by atoms with van der Waals surface area (Å²) in [5.74, 6) is -2.27. The first kappa shape index (κ1) is 21.9. The van der Waals surface area contributed by atoms with E-state index in [9.17, 15) is 45.3 Å². The maximum Gasteiger partial charge on any atom is 0.335 e. The molecule has 2 aliphatic heterocycles. The number of carbonyl (C=O) groups is 2. The number of nitrogens with one attached hydrogen (secondary N) is 1. The summed E-state index contributed by atoms with van der Waals surface area (Å²) < 4.78 is 15.3. The molecule has 1 amide bonds. The van der Waals surface area contributed by atoms with Crippen molar-refractivity contribution in [1.29, 1.82) is 0 Å². The summed E-state index contributed by atoms with van der Waals surface area (Å²) in [4.78, 5) is 22.7. The van der Waals surface area contributed by atoms with Crippen LogP contribution in [0.3, 0.4) is 0 Å². The number of aliphatic carboxylic acids is 1. The molecule has 2 aliphatic rings. The van der Waals surface area contributed by atoms with Gasteiger partial charge in [0.1, 0.15) is 42.7 Å². The number of carboxylic acids is 1. The van der Waals surface area contributed by atoms with Crippen LogP contribution in [0.15, 0.2) is 0 Å². The summed E-state index contributed by atoms with van der Waals surface area (Å²) in [5.41, 5.74) is 0. The Bertz CT molecular complexity index is 546. The summed E-state index contributed by atoms with van der Waals surface area (Å²) in [6.45, 7) is 0.366. The largest absolute Gasteiger partial charge is 0.479 e. The first-order chi connectivity index (χ1) is 12.6. The Hall–Kier alpha value is -1.42. The molecule has 13 heteroatoms. The van der Waals surface area contributed by atoms with Gasteiger partial charge < -0.3 is 55.3 Å². The van der Waals surface area contributed by atoms with Crippen LogP contribution in [-0.4, -0.2) is 116 Å². The topological polar surface area (TPSA) is 215 Å². The smallest absolute Gasteiger partial charge is 0.335 e. The number of amides is 1. The number of hydrogen-bond donors (Lipinski definition) is 8. The minimum atomic E-state index is -1.99. The maximum atomic E-state index is 11.4. The third-order valence-corrected chi connectivity index (χ3v) is 4.35. The Morgan fingerprint density at radius 3 is 2.15 bits per heavy atom. The van der Waals surface area contributed by atoms with E-state index in [1.54, 1.807) is 0 Å². The maximum absolute atomic E-state index is 11.4. The zero-order valence-corrected chi connectivity index (χ0v) is 14.2. The molecule has 0 aromatic rings. The summed E-state index contributed by atoms with van der Waals surface area (Å²) in [6, 6.07) is -1.40. The van der Waals surface area contributed by atoms with Crippen LogP contribution >= 0.6 is 0 Å². The number of carbonyl (C=O) groups excluding carboxylic acids is 1. The third kappa shape index (κ3) is 4.53. The first-order valence-electron chi connectivity index (χ1n) is 8.06. The second-order valence-corrected chi connectivity index (χ2v) is 6.30. The molecule has 0 aromatic carbocycles. The Morgan fingerprint density at radius 2 is 1.63 bits per heavy atom. The van der Waals surface area contributed by atoms with Crippen LogP contribution in [0.25, 0.3) is 0 Å². The standard InChI is InChI=1S/C14H23NO12/c1-3(17)15-5-7(19)6(18)4(2-16)25-14(5)27-10-8(20)9(21)13(24)26-11(10)12(22)23/h4-11,13-14,16,18-21,24H,2H2,1H3,(H,15,17)(H,22,23)/t4-,5-,6-,7-,8-,9-,10+,11+,13-,14-/m1/s1. The molecule has 0 spiro atoms. The fourth-order valence-corrected chi connectivity index (χ4v) is 2.94. The molecule has 2 heterocycles. The van der Waals surface area contributed by atoms with Crippen molar-refractivity contribution < 1.29 is 59.5 Å². The quantitative estimate of drug-likeness (QED) is 0.218. The van der Waals surface area contributed by atoms with Crippen molar-refractivity contribution in [3.63, 3.8) is 0 Å². The lowest BCUT2D eigenvalue weighted by molar-refractivity contribution is -0.335. The monoisotopic (exact) mass is 397 g/mol. The van der Waals surface area contributed by atoms with Crippen molar-refractivity contribution in [2.75, 3.05) is 6.61 Å². The van der Waals surface area contributed by atoms with Gasteiger partial charge in [0.2, 0.25) is 5.91 Å². The SMILES string of the molecule is CC(=O)N[C@H]1[C@@H](O[C@H]2[C@H](O)[C@@H](O)[C@H](O)O[C@@H]2C(=O)O)O[C@H](CO)[C@@H](O)[C@@H]1O. The van der Waals surface area contributed by atoms with Crippen molar-refractivity contribution in [3.05, 3.63) is 0 Å². The molecule has 156 valence electrons. The average molecular weight is 397 g/mol. The van der Waals surface area contributed by atoms with Crippen molar-refractivity contribution in [2.24, 2.45) is 0 Å². The van der Waals surface area contributed by atoms with Gasteiger partial charge in [-0.15, -0.1) is 0 Å². The molecule has 0 unspecified atom stereocenters. The number of aliphatic hydroxyl groups excluding tert-OH is 6. The highest BCUT2D eigenvalue weighted by molar-refractivity contribution is 5.74. The van der Waals surface area contributed by atoms with Gasteiger partial charge in [-0.25, -0.2) is 4.79 Å². The van der Waals surface area contributed by atoms with E-state index in [4.69, 9.17) is 14.2 Å². The van der Waals surface area contributed by atoms with Crippen molar-refractivity contribution >= 4 is 11.9 Å². The minimum absolute atomic E-state index is 0.642. The van der Waals surface area contributed by atoms with Crippen molar-refractivity contribution in [1.82, 2.24) is 5.32 Å². The van der Waals surface area contributed by atoms with Crippen LogP contribution in [0, 0.1) is 0 Å². The summed E-state index contributed by atoms with van der Waals surface area (Å²) in [5, 5.41) is 70.1. The van der Waals surface area contributed by atoms with E-state index >= 15 is 0 Å². The highest BCUT2D eigenvalue weighted by atomic mass is 16.7. The van der Waals surface area contributed by atoms with E-state index in [1.807, 2.05) is 0 Å². The predicted molar refractivity (Wildman–Crippen MR) is 80.8 cm³/mol. The van der Waals surface area contributed by atoms with Gasteiger partial charge in [-0.3, -0.25) is 4.79 Å². The van der Waals surface area contributed by atoms with E-state index < -0.39 is 79.8 Å². The molecule has 8 N–H and O–H groups in total. The molecule has 2 saturated heterocycles. The molecular formula is C14H23NO12. The van der Waals surface area contributed by atoms with Gasteiger partial charge in [-0.1, -0.05) is 0 Å². The normalized spacial score (nSPS) is 45.3. The number of ether oxygens (including phenoxy) is 3. The minimum Gasteiger partial charge on any atom is -0.479 e. The van der Waals surface area contributed by atoms with Gasteiger partial charge >= 0.3 is 5.97 Å². The first-order valence-corrected chi connectivity index (χ1v) is 8.06. The average Bonchev–Trinajstić information content (AvgIpc) is 2.60. The van der Waals surface area contributed by atoms with Gasteiger partial charge in [0.15, 0.2) is 18.7 Å². The van der Waals surface area contributed by atoms with Gasteiger partial charge in [0, 0.05) is 6.92 Å². The Balaban J connectivity index is 2.28. The highest BCUT2D eigenvalue weighted by Gasteiger charge is 2.52. The molecule has 2 fully saturated rings. The van der Waals surface area contributed by atoms with E-state index in [0.29, 0.717) is 0 Å². The second kappa shape index (κ2) is 8.72. The van der Waals surface area contributed by atoms with Gasteiger partial charge in [-0.2, -0.15) is 0 Å². The summed E-state index contributed by atoms with van der Waals surface area (Å²) >= 11 is 0. The van der Waals surface area contributed by atoms with E-state index in [0.717, 1.165) is 6.92 Å². The Labute approximate surface area is 152 Å². The summed E-state index contributed by atoms with van der Waals surface area (Å²) in [6.07, 6.45) is -15.7. The number of rotatable bonds is 5. The number of carboxylic acid groups (broad SMARTS) is 1. The van der Waals surface area contributed by atoms with Gasteiger partial charge in [0.05, 0.1) is 6.61 Å². The molecule has 0 aliphatic carbocycles.